The molecule has 1 aliphatic rings. The summed E-state index contributed by atoms with van der Waals surface area (Å²) in [5.41, 5.74) is 4.19. The maximum atomic E-state index is 13.0. The van der Waals surface area contributed by atoms with Crippen LogP contribution in [0.25, 0.3) is 16.5 Å². The van der Waals surface area contributed by atoms with Gasteiger partial charge in [0.1, 0.15) is 11.5 Å². The summed E-state index contributed by atoms with van der Waals surface area (Å²) in [5.74, 6) is 0.871. The van der Waals surface area contributed by atoms with E-state index in [1.165, 1.54) is 0 Å². The maximum Gasteiger partial charge on any atom is 0.174 e. The molecule has 0 radical (unpaired) electrons. The first-order chi connectivity index (χ1) is 16.1. The average molecular weight is 436 g/mol. The van der Waals surface area contributed by atoms with Gasteiger partial charge < -0.3 is 9.72 Å². The van der Waals surface area contributed by atoms with Gasteiger partial charge in [0.2, 0.25) is 0 Å². The van der Waals surface area contributed by atoms with Crippen LogP contribution in [-0.4, -0.2) is 16.6 Å². The number of carbonyl (C=O) groups is 2. The summed E-state index contributed by atoms with van der Waals surface area (Å²) in [4.78, 5) is 29.2. The lowest BCUT2D eigenvalue weighted by Gasteiger charge is -2.08. The lowest BCUT2D eigenvalue weighted by atomic mass is 9.96. The number of rotatable bonds is 7. The fourth-order valence-corrected chi connectivity index (χ4v) is 4.55. The predicted octanol–water partition coefficient (Wildman–Crippen LogP) is 6.52. The topological polar surface area (TPSA) is 59.2 Å². The van der Waals surface area contributed by atoms with Crippen molar-refractivity contribution < 1.29 is 14.3 Å². The van der Waals surface area contributed by atoms with Gasteiger partial charge in [-0.2, -0.15) is 0 Å². The number of benzene rings is 3. The Morgan fingerprint density at radius 2 is 1.58 bits per heavy atom. The summed E-state index contributed by atoms with van der Waals surface area (Å²) in [7, 11) is 0. The van der Waals surface area contributed by atoms with Crippen molar-refractivity contribution in [3.8, 4) is 11.5 Å². The molecular formula is C29H25NO3. The van der Waals surface area contributed by atoms with Crippen LogP contribution in [0.4, 0.5) is 0 Å². The smallest absolute Gasteiger partial charge is 0.174 e. The number of fused-ring (bicyclic) bond motifs is 1. The summed E-state index contributed by atoms with van der Waals surface area (Å²) in [6.45, 7) is 1.72. The highest BCUT2D eigenvalue weighted by atomic mass is 16.5. The molecule has 1 aliphatic carbocycles. The molecule has 0 spiro atoms. The van der Waals surface area contributed by atoms with Crippen LogP contribution in [0.2, 0.25) is 0 Å². The van der Waals surface area contributed by atoms with Crippen LogP contribution < -0.4 is 4.74 Å². The van der Waals surface area contributed by atoms with Gasteiger partial charge in [0.25, 0.3) is 0 Å². The van der Waals surface area contributed by atoms with E-state index in [4.69, 9.17) is 4.74 Å². The fourth-order valence-electron chi connectivity index (χ4n) is 4.55. The average Bonchev–Trinajstić information content (AvgIpc) is 3.35. The number of aryl methyl sites for hydroxylation is 1. The lowest BCUT2D eigenvalue weighted by Crippen LogP contribution is -2.13. The minimum absolute atomic E-state index is 0.0403. The van der Waals surface area contributed by atoms with Gasteiger partial charge in [-0.1, -0.05) is 48.5 Å². The van der Waals surface area contributed by atoms with Crippen LogP contribution in [0.1, 0.15) is 30.9 Å². The third kappa shape index (κ3) is 4.12. The second-order valence-electron chi connectivity index (χ2n) is 8.47. The van der Waals surface area contributed by atoms with E-state index in [2.05, 4.69) is 11.1 Å². The fraction of sp³-hybridized carbons (Fsp3) is 0.172. The van der Waals surface area contributed by atoms with Gasteiger partial charge in [-0.25, -0.2) is 0 Å². The highest BCUT2D eigenvalue weighted by molar-refractivity contribution is 6.40. The van der Waals surface area contributed by atoms with E-state index < -0.39 is 5.92 Å². The van der Waals surface area contributed by atoms with E-state index in [9.17, 15) is 9.59 Å². The van der Waals surface area contributed by atoms with Crippen molar-refractivity contribution in [2.24, 2.45) is 5.92 Å². The minimum atomic E-state index is -0.605. The van der Waals surface area contributed by atoms with E-state index in [1.807, 2.05) is 79.0 Å². The van der Waals surface area contributed by atoms with Crippen LogP contribution in [0.15, 0.2) is 90.6 Å². The summed E-state index contributed by atoms with van der Waals surface area (Å²) >= 11 is 0. The summed E-state index contributed by atoms with van der Waals surface area (Å²) in [6.07, 6.45) is 4.01. The Balaban J connectivity index is 1.35. The SMILES string of the molecule is C[C@H]1C(=O)C(CCCc2cccc(Oc3ccccc3)c2)=C(c2c[nH]c3ccccc23)C1=O. The number of nitrogens with one attached hydrogen (secondary N) is 1. The van der Waals surface area contributed by atoms with E-state index in [-0.39, 0.29) is 11.6 Å². The van der Waals surface area contributed by atoms with Crippen molar-refractivity contribution in [3.05, 3.63) is 102 Å². The zero-order valence-corrected chi connectivity index (χ0v) is 18.5. The number of ketones is 2. The van der Waals surface area contributed by atoms with Gasteiger partial charge in [-0.15, -0.1) is 0 Å². The maximum absolute atomic E-state index is 13.0. The molecule has 0 unspecified atom stereocenters. The minimum Gasteiger partial charge on any atom is -0.457 e. The van der Waals surface area contributed by atoms with E-state index in [0.717, 1.165) is 46.4 Å². The molecule has 164 valence electrons. The third-order valence-electron chi connectivity index (χ3n) is 6.26. The van der Waals surface area contributed by atoms with Gasteiger partial charge in [0.15, 0.2) is 11.6 Å². The number of hydrogen-bond acceptors (Lipinski definition) is 3. The number of aromatic nitrogens is 1. The number of H-pyrrole nitrogens is 1. The highest BCUT2D eigenvalue weighted by Crippen LogP contribution is 2.38. The van der Waals surface area contributed by atoms with Gasteiger partial charge in [-0.05, 0) is 62.1 Å². The number of hydrogen-bond donors (Lipinski definition) is 1. The Kier molecular flexibility index (Phi) is 5.66. The molecule has 4 aromatic rings. The van der Waals surface area contributed by atoms with Crippen LogP contribution >= 0.6 is 0 Å². The second kappa shape index (κ2) is 8.91. The first kappa shape index (κ1) is 21.0. The van der Waals surface area contributed by atoms with Crippen LogP contribution in [-0.2, 0) is 16.0 Å². The predicted molar refractivity (Wildman–Crippen MR) is 130 cm³/mol. The van der Waals surface area contributed by atoms with Gasteiger partial charge >= 0.3 is 0 Å². The number of carbonyl (C=O) groups excluding carboxylic acids is 2. The van der Waals surface area contributed by atoms with E-state index in [1.54, 1.807) is 6.92 Å². The van der Waals surface area contributed by atoms with E-state index in [0.29, 0.717) is 17.6 Å². The van der Waals surface area contributed by atoms with Crippen molar-refractivity contribution in [1.29, 1.82) is 0 Å². The molecule has 1 N–H and O–H groups in total. The highest BCUT2D eigenvalue weighted by Gasteiger charge is 2.38. The van der Waals surface area contributed by atoms with Gasteiger partial charge in [0, 0.05) is 33.8 Å². The van der Waals surface area contributed by atoms with Crippen molar-refractivity contribution >= 4 is 28.0 Å². The Bertz CT molecular complexity index is 1360. The monoisotopic (exact) mass is 435 g/mol. The zero-order valence-electron chi connectivity index (χ0n) is 18.5. The number of ether oxygens (including phenoxy) is 1. The molecule has 1 heterocycles. The third-order valence-corrected chi connectivity index (χ3v) is 6.26. The van der Waals surface area contributed by atoms with Crippen molar-refractivity contribution in [3.63, 3.8) is 0 Å². The van der Waals surface area contributed by atoms with Crippen LogP contribution in [0.5, 0.6) is 11.5 Å². The van der Waals surface area contributed by atoms with Crippen molar-refractivity contribution in [2.45, 2.75) is 26.2 Å². The molecule has 0 bridgehead atoms. The molecule has 33 heavy (non-hydrogen) atoms. The molecule has 0 fully saturated rings. The molecule has 0 amide bonds. The molecule has 3 aromatic carbocycles. The van der Waals surface area contributed by atoms with Crippen molar-refractivity contribution in [1.82, 2.24) is 4.98 Å². The molecule has 4 heteroatoms. The Labute approximate surface area is 192 Å². The largest absolute Gasteiger partial charge is 0.457 e. The Morgan fingerprint density at radius 3 is 2.42 bits per heavy atom. The van der Waals surface area contributed by atoms with Crippen LogP contribution in [0.3, 0.4) is 0 Å². The molecule has 0 saturated carbocycles. The quantitative estimate of drug-likeness (QED) is 0.336. The van der Waals surface area contributed by atoms with E-state index >= 15 is 0 Å². The number of Topliss-reactive ketones (excluding diaryl/α,β-unsaturated/α-hetero) is 2. The molecular weight excluding hydrogens is 410 g/mol. The summed E-state index contributed by atoms with van der Waals surface area (Å²) in [6, 6.07) is 25.6. The molecule has 1 atom stereocenters. The first-order valence-corrected chi connectivity index (χ1v) is 11.3. The van der Waals surface area contributed by atoms with Crippen molar-refractivity contribution in [2.75, 3.05) is 0 Å². The zero-order chi connectivity index (χ0) is 22.8. The van der Waals surface area contributed by atoms with Crippen LogP contribution in [0, 0.1) is 5.92 Å². The number of allylic oxidation sites excluding steroid dienone is 2. The number of para-hydroxylation sites is 2. The van der Waals surface area contributed by atoms with Gasteiger partial charge in [-0.3, -0.25) is 9.59 Å². The molecule has 4 nitrogen and oxygen atoms in total. The standard InChI is InChI=1S/C29H25NO3/c1-19-28(31)24(27(29(19)32)25-18-30-26-16-6-5-14-23(25)26)15-8-10-20-9-7-13-22(17-20)33-21-11-3-2-4-12-21/h2-7,9,11-14,16-19,30H,8,10,15H2,1H3/t19-/m0/s1. The van der Waals surface area contributed by atoms with Gasteiger partial charge in [0.05, 0.1) is 5.92 Å². The lowest BCUT2D eigenvalue weighted by molar-refractivity contribution is -0.125. The Morgan fingerprint density at radius 1 is 0.818 bits per heavy atom. The second-order valence-corrected chi connectivity index (χ2v) is 8.47. The molecule has 1 aromatic heterocycles. The molecule has 5 rings (SSSR count). The first-order valence-electron chi connectivity index (χ1n) is 11.3. The molecule has 0 aliphatic heterocycles. The normalized spacial score (nSPS) is 16.1. The molecule has 0 saturated heterocycles. The number of aromatic amines is 1. The Hall–Kier alpha value is -3.92. The summed E-state index contributed by atoms with van der Waals surface area (Å²) in [5, 5.41) is 0.978. The summed E-state index contributed by atoms with van der Waals surface area (Å²) < 4.78 is 5.94.